The lowest BCUT2D eigenvalue weighted by atomic mass is 9.88. The van der Waals surface area contributed by atoms with Crippen LogP contribution in [-0.4, -0.2) is 43.2 Å². The Morgan fingerprint density at radius 2 is 2.20 bits per heavy atom. The standard InChI is InChI=1S/C20H30BrNO3/c1-4-24-20(23)14-22-11-10-17(13-15(22)2)7-6-12-25-19-9-5-8-18(21)16(19)3/h5,8-9,15,17H,4,6-7,10-14H2,1-3H3/t15-,17+/m0/s1. The van der Waals surface area contributed by atoms with Crippen LogP contribution < -0.4 is 4.74 Å². The summed E-state index contributed by atoms with van der Waals surface area (Å²) in [4.78, 5) is 13.9. The highest BCUT2D eigenvalue weighted by molar-refractivity contribution is 9.10. The minimum atomic E-state index is -0.106. The quantitative estimate of drug-likeness (QED) is 0.463. The van der Waals surface area contributed by atoms with Crippen molar-refractivity contribution >= 4 is 21.9 Å². The second-order valence-electron chi connectivity index (χ2n) is 6.87. The van der Waals surface area contributed by atoms with Gasteiger partial charge in [-0.3, -0.25) is 9.69 Å². The number of rotatable bonds is 8. The highest BCUT2D eigenvalue weighted by Crippen LogP contribution is 2.28. The number of hydrogen-bond acceptors (Lipinski definition) is 4. The van der Waals surface area contributed by atoms with E-state index in [0.29, 0.717) is 19.2 Å². The van der Waals surface area contributed by atoms with Crippen molar-refractivity contribution in [1.29, 1.82) is 0 Å². The fourth-order valence-electron chi connectivity index (χ4n) is 3.49. The summed E-state index contributed by atoms with van der Waals surface area (Å²) in [6.07, 6.45) is 4.56. The molecular weight excluding hydrogens is 382 g/mol. The zero-order chi connectivity index (χ0) is 18.2. The van der Waals surface area contributed by atoms with Crippen molar-refractivity contribution in [3.05, 3.63) is 28.2 Å². The Balaban J connectivity index is 1.67. The van der Waals surface area contributed by atoms with Crippen LogP contribution in [0.1, 0.15) is 45.1 Å². The van der Waals surface area contributed by atoms with Crippen molar-refractivity contribution in [2.24, 2.45) is 5.92 Å². The van der Waals surface area contributed by atoms with Crippen molar-refractivity contribution in [3.63, 3.8) is 0 Å². The maximum atomic E-state index is 11.7. The molecule has 0 radical (unpaired) electrons. The molecule has 1 aromatic rings. The van der Waals surface area contributed by atoms with Crippen molar-refractivity contribution < 1.29 is 14.3 Å². The third-order valence-electron chi connectivity index (χ3n) is 4.99. The lowest BCUT2D eigenvalue weighted by Crippen LogP contribution is -2.43. The second-order valence-corrected chi connectivity index (χ2v) is 7.72. The SMILES string of the molecule is CCOC(=O)CN1CC[C@@H](CCCOc2cccc(Br)c2C)C[C@@H]1C. The number of benzene rings is 1. The summed E-state index contributed by atoms with van der Waals surface area (Å²) < 4.78 is 12.1. The topological polar surface area (TPSA) is 38.8 Å². The molecule has 1 heterocycles. The molecule has 1 aliphatic heterocycles. The summed E-state index contributed by atoms with van der Waals surface area (Å²) >= 11 is 3.54. The van der Waals surface area contributed by atoms with Gasteiger partial charge in [-0.1, -0.05) is 22.0 Å². The van der Waals surface area contributed by atoms with E-state index in [1.165, 1.54) is 6.42 Å². The molecular formula is C20H30BrNO3. The van der Waals surface area contributed by atoms with Gasteiger partial charge in [0.05, 0.1) is 19.8 Å². The third-order valence-corrected chi connectivity index (χ3v) is 5.85. The van der Waals surface area contributed by atoms with Gasteiger partial charge in [-0.25, -0.2) is 0 Å². The average Bonchev–Trinajstić information content (AvgIpc) is 2.58. The molecule has 0 amide bonds. The predicted molar refractivity (Wildman–Crippen MR) is 104 cm³/mol. The molecule has 1 saturated heterocycles. The smallest absolute Gasteiger partial charge is 0.320 e. The number of piperidine rings is 1. The summed E-state index contributed by atoms with van der Waals surface area (Å²) in [7, 11) is 0. The van der Waals surface area contributed by atoms with E-state index in [9.17, 15) is 4.79 Å². The Labute approximate surface area is 160 Å². The Morgan fingerprint density at radius 1 is 1.40 bits per heavy atom. The van der Waals surface area contributed by atoms with E-state index in [-0.39, 0.29) is 5.97 Å². The van der Waals surface area contributed by atoms with Crippen LogP contribution >= 0.6 is 15.9 Å². The minimum absolute atomic E-state index is 0.106. The average molecular weight is 412 g/mol. The van der Waals surface area contributed by atoms with Gasteiger partial charge in [0.25, 0.3) is 0 Å². The van der Waals surface area contributed by atoms with Crippen LogP contribution in [0.4, 0.5) is 0 Å². The molecule has 1 aliphatic rings. The molecule has 0 spiro atoms. The van der Waals surface area contributed by atoms with Gasteiger partial charge >= 0.3 is 5.97 Å². The molecule has 2 atom stereocenters. The molecule has 0 unspecified atom stereocenters. The Hall–Kier alpha value is -1.07. The molecule has 0 aromatic heterocycles. The van der Waals surface area contributed by atoms with Crippen LogP contribution in [0.25, 0.3) is 0 Å². The number of esters is 1. The molecule has 0 saturated carbocycles. The lowest BCUT2D eigenvalue weighted by Gasteiger charge is -2.37. The first kappa shape index (κ1) is 20.2. The molecule has 5 heteroatoms. The molecule has 0 N–H and O–H groups in total. The number of likely N-dealkylation sites (tertiary alicyclic amines) is 1. The largest absolute Gasteiger partial charge is 0.493 e. The third kappa shape index (κ3) is 6.30. The van der Waals surface area contributed by atoms with E-state index in [1.54, 1.807) is 0 Å². The summed E-state index contributed by atoms with van der Waals surface area (Å²) in [5.41, 5.74) is 1.16. The minimum Gasteiger partial charge on any atom is -0.493 e. The van der Waals surface area contributed by atoms with Crippen LogP contribution in [0.5, 0.6) is 5.75 Å². The zero-order valence-corrected chi connectivity index (χ0v) is 17.2. The maximum Gasteiger partial charge on any atom is 0.320 e. The van der Waals surface area contributed by atoms with Gasteiger partial charge in [-0.2, -0.15) is 0 Å². The van der Waals surface area contributed by atoms with Crippen LogP contribution in [0.2, 0.25) is 0 Å². The lowest BCUT2D eigenvalue weighted by molar-refractivity contribution is -0.145. The summed E-state index contributed by atoms with van der Waals surface area (Å²) in [5.74, 6) is 1.58. The van der Waals surface area contributed by atoms with Gasteiger partial charge in [0.2, 0.25) is 0 Å². The second kappa shape index (κ2) is 10.2. The van der Waals surface area contributed by atoms with Crippen LogP contribution in [-0.2, 0) is 9.53 Å². The number of carbonyl (C=O) groups excluding carboxylic acids is 1. The van der Waals surface area contributed by atoms with Gasteiger partial charge in [-0.05, 0) is 71.0 Å². The highest BCUT2D eigenvalue weighted by atomic mass is 79.9. The highest BCUT2D eigenvalue weighted by Gasteiger charge is 2.26. The number of ether oxygens (including phenoxy) is 2. The van der Waals surface area contributed by atoms with E-state index < -0.39 is 0 Å². The van der Waals surface area contributed by atoms with Crippen molar-refractivity contribution in [3.8, 4) is 5.75 Å². The summed E-state index contributed by atoms with van der Waals surface area (Å²) in [5, 5.41) is 0. The van der Waals surface area contributed by atoms with Gasteiger partial charge in [-0.15, -0.1) is 0 Å². The fraction of sp³-hybridized carbons (Fsp3) is 0.650. The van der Waals surface area contributed by atoms with E-state index in [4.69, 9.17) is 9.47 Å². The Morgan fingerprint density at radius 3 is 2.92 bits per heavy atom. The van der Waals surface area contributed by atoms with E-state index in [0.717, 1.165) is 54.1 Å². The predicted octanol–water partition coefficient (Wildman–Crippen LogP) is 4.58. The van der Waals surface area contributed by atoms with Gasteiger partial charge < -0.3 is 9.47 Å². The van der Waals surface area contributed by atoms with E-state index in [2.05, 4.69) is 34.7 Å². The maximum absolute atomic E-state index is 11.7. The van der Waals surface area contributed by atoms with E-state index in [1.807, 2.05) is 25.1 Å². The molecule has 25 heavy (non-hydrogen) atoms. The number of hydrogen-bond donors (Lipinski definition) is 0. The first-order chi connectivity index (χ1) is 12.0. The van der Waals surface area contributed by atoms with Gasteiger partial charge in [0, 0.05) is 16.1 Å². The number of nitrogens with zero attached hydrogens (tertiary/aromatic N) is 1. The van der Waals surface area contributed by atoms with Crippen LogP contribution in [0.3, 0.4) is 0 Å². The Kier molecular flexibility index (Phi) is 8.24. The molecule has 1 fully saturated rings. The normalized spacial score (nSPS) is 21.1. The first-order valence-corrected chi connectivity index (χ1v) is 10.1. The van der Waals surface area contributed by atoms with Crippen LogP contribution in [0.15, 0.2) is 22.7 Å². The summed E-state index contributed by atoms with van der Waals surface area (Å²) in [6, 6.07) is 6.51. The zero-order valence-electron chi connectivity index (χ0n) is 15.6. The monoisotopic (exact) mass is 411 g/mol. The summed E-state index contributed by atoms with van der Waals surface area (Å²) in [6.45, 7) is 8.76. The fourth-order valence-corrected chi connectivity index (χ4v) is 3.83. The van der Waals surface area contributed by atoms with Crippen LogP contribution in [0, 0.1) is 12.8 Å². The molecule has 0 aliphatic carbocycles. The molecule has 140 valence electrons. The first-order valence-electron chi connectivity index (χ1n) is 9.28. The number of halogens is 1. The molecule has 0 bridgehead atoms. The van der Waals surface area contributed by atoms with Gasteiger partial charge in [0.15, 0.2) is 0 Å². The van der Waals surface area contributed by atoms with E-state index >= 15 is 0 Å². The van der Waals surface area contributed by atoms with Crippen molar-refractivity contribution in [2.75, 3.05) is 26.3 Å². The molecule has 1 aromatic carbocycles. The molecule has 2 rings (SSSR count). The number of carbonyl (C=O) groups is 1. The van der Waals surface area contributed by atoms with Crippen molar-refractivity contribution in [2.45, 2.75) is 52.5 Å². The van der Waals surface area contributed by atoms with Crippen molar-refractivity contribution in [1.82, 2.24) is 4.90 Å². The Bertz CT molecular complexity index is 564. The molecule has 4 nitrogen and oxygen atoms in total. The van der Waals surface area contributed by atoms with Gasteiger partial charge in [0.1, 0.15) is 5.75 Å².